The van der Waals surface area contributed by atoms with E-state index in [0.717, 1.165) is 20.3 Å². The first-order valence-corrected chi connectivity index (χ1v) is 10.9. The van der Waals surface area contributed by atoms with E-state index in [0.29, 0.717) is 0 Å². The van der Waals surface area contributed by atoms with E-state index in [4.69, 9.17) is 4.74 Å². The van der Waals surface area contributed by atoms with E-state index in [1.54, 1.807) is 7.11 Å². The minimum atomic E-state index is -0.0490. The van der Waals surface area contributed by atoms with Crippen molar-refractivity contribution in [3.63, 3.8) is 0 Å². The average Bonchev–Trinajstić information content (AvgIpc) is 2.65. The summed E-state index contributed by atoms with van der Waals surface area (Å²) in [6.07, 6.45) is 0. The molecule has 0 radical (unpaired) electrons. The van der Waals surface area contributed by atoms with Crippen molar-refractivity contribution in [2.24, 2.45) is 0 Å². The fraction of sp³-hybridized carbons (Fsp3) is 0.200. The van der Waals surface area contributed by atoms with Gasteiger partial charge in [-0.15, -0.1) is 0 Å². The second-order valence-electron chi connectivity index (χ2n) is 8.07. The highest BCUT2D eigenvalue weighted by atomic mass is 79.9. The molecule has 0 atom stereocenters. The van der Waals surface area contributed by atoms with Gasteiger partial charge in [0, 0.05) is 10.0 Å². The SMILES string of the molecule is COc1c(Br)cc2ccccc2c1-c1c(C(C)(C)C)c(Br)cc2ccccc12. The summed E-state index contributed by atoms with van der Waals surface area (Å²) in [5.41, 5.74) is 3.60. The molecule has 0 heterocycles. The molecule has 0 N–H and O–H groups in total. The molecule has 0 bridgehead atoms. The molecule has 0 saturated heterocycles. The second kappa shape index (κ2) is 7.20. The van der Waals surface area contributed by atoms with Crippen LogP contribution in [0.1, 0.15) is 26.3 Å². The second-order valence-corrected chi connectivity index (χ2v) is 9.78. The summed E-state index contributed by atoms with van der Waals surface area (Å²) >= 11 is 7.62. The lowest BCUT2D eigenvalue weighted by molar-refractivity contribution is 0.414. The summed E-state index contributed by atoms with van der Waals surface area (Å²) in [6, 6.07) is 21.4. The zero-order chi connectivity index (χ0) is 20.1. The maximum absolute atomic E-state index is 5.93. The van der Waals surface area contributed by atoms with Crippen molar-refractivity contribution in [3.8, 4) is 16.9 Å². The van der Waals surface area contributed by atoms with Crippen LogP contribution in [0.3, 0.4) is 0 Å². The molecule has 4 aromatic rings. The molecule has 0 aliphatic rings. The van der Waals surface area contributed by atoms with Gasteiger partial charge < -0.3 is 4.74 Å². The summed E-state index contributed by atoms with van der Waals surface area (Å²) in [5.74, 6) is 0.868. The standard InChI is InChI=1S/C25H22Br2O/c1-25(2,3)23-19(26)13-15-9-5-7-11-17(15)21(23)22-18-12-8-6-10-16(18)14-20(27)24(22)28-4/h5-14H,1-4H3. The average molecular weight is 498 g/mol. The Labute approximate surface area is 183 Å². The van der Waals surface area contributed by atoms with E-state index in [2.05, 4.69) is 113 Å². The Bertz CT molecular complexity index is 1200. The van der Waals surface area contributed by atoms with Gasteiger partial charge in [-0.05, 0) is 66.1 Å². The van der Waals surface area contributed by atoms with E-state index in [1.165, 1.54) is 32.7 Å². The lowest BCUT2D eigenvalue weighted by atomic mass is 9.78. The lowest BCUT2D eigenvalue weighted by Gasteiger charge is -2.28. The topological polar surface area (TPSA) is 9.23 Å². The molecule has 0 aromatic heterocycles. The molecule has 0 aliphatic carbocycles. The van der Waals surface area contributed by atoms with Crippen LogP contribution in [0.5, 0.6) is 5.75 Å². The van der Waals surface area contributed by atoms with Gasteiger partial charge in [0.2, 0.25) is 0 Å². The van der Waals surface area contributed by atoms with Crippen molar-refractivity contribution in [3.05, 3.63) is 75.2 Å². The third-order valence-corrected chi connectivity index (χ3v) is 6.38. The van der Waals surface area contributed by atoms with Gasteiger partial charge in [-0.1, -0.05) is 85.2 Å². The summed E-state index contributed by atoms with van der Waals surface area (Å²) < 4.78 is 8.02. The predicted molar refractivity (Wildman–Crippen MR) is 128 cm³/mol. The van der Waals surface area contributed by atoms with Crippen molar-refractivity contribution in [2.45, 2.75) is 26.2 Å². The van der Waals surface area contributed by atoms with Crippen LogP contribution < -0.4 is 4.74 Å². The summed E-state index contributed by atoms with van der Waals surface area (Å²) in [5, 5.41) is 4.83. The van der Waals surface area contributed by atoms with Gasteiger partial charge in [-0.25, -0.2) is 0 Å². The van der Waals surface area contributed by atoms with Gasteiger partial charge in [-0.3, -0.25) is 0 Å². The van der Waals surface area contributed by atoms with Crippen molar-refractivity contribution in [2.75, 3.05) is 7.11 Å². The summed E-state index contributed by atoms with van der Waals surface area (Å²) in [7, 11) is 1.75. The Balaban J connectivity index is 2.31. The maximum Gasteiger partial charge on any atom is 0.141 e. The van der Waals surface area contributed by atoms with Crippen molar-refractivity contribution in [1.29, 1.82) is 0 Å². The van der Waals surface area contributed by atoms with E-state index >= 15 is 0 Å². The molecule has 0 amide bonds. The molecular weight excluding hydrogens is 476 g/mol. The van der Waals surface area contributed by atoms with Gasteiger partial charge in [0.05, 0.1) is 11.6 Å². The lowest BCUT2D eigenvalue weighted by Crippen LogP contribution is -2.14. The molecule has 0 spiro atoms. The largest absolute Gasteiger partial charge is 0.495 e. The van der Waals surface area contributed by atoms with Gasteiger partial charge in [-0.2, -0.15) is 0 Å². The monoisotopic (exact) mass is 496 g/mol. The molecule has 4 rings (SSSR count). The van der Waals surface area contributed by atoms with E-state index < -0.39 is 0 Å². The molecule has 0 unspecified atom stereocenters. The minimum Gasteiger partial charge on any atom is -0.495 e. The van der Waals surface area contributed by atoms with Crippen LogP contribution in [0.4, 0.5) is 0 Å². The van der Waals surface area contributed by atoms with Crippen molar-refractivity contribution in [1.82, 2.24) is 0 Å². The van der Waals surface area contributed by atoms with Gasteiger partial charge >= 0.3 is 0 Å². The first kappa shape index (κ1) is 19.5. The first-order valence-electron chi connectivity index (χ1n) is 9.30. The number of hydrogen-bond donors (Lipinski definition) is 0. The predicted octanol–water partition coefficient (Wildman–Crippen LogP) is 8.49. The molecular formula is C25H22Br2O. The van der Waals surface area contributed by atoms with Crippen LogP contribution in [0.25, 0.3) is 32.7 Å². The Morgan fingerprint density at radius 3 is 1.75 bits per heavy atom. The molecule has 142 valence electrons. The van der Waals surface area contributed by atoms with Crippen LogP contribution in [0.15, 0.2) is 69.6 Å². The Kier molecular flexibility index (Phi) is 5.01. The number of halogens is 2. The fourth-order valence-electron chi connectivity index (χ4n) is 4.05. The Morgan fingerprint density at radius 1 is 0.714 bits per heavy atom. The van der Waals surface area contributed by atoms with Crippen LogP contribution in [-0.4, -0.2) is 7.11 Å². The number of methoxy groups -OCH3 is 1. The number of benzene rings is 4. The van der Waals surface area contributed by atoms with Gasteiger partial charge in [0.25, 0.3) is 0 Å². The number of ether oxygens (including phenoxy) is 1. The molecule has 0 aliphatic heterocycles. The molecule has 0 fully saturated rings. The van der Waals surface area contributed by atoms with Gasteiger partial charge in [0.15, 0.2) is 0 Å². The minimum absolute atomic E-state index is 0.0490. The fourth-order valence-corrected chi connectivity index (χ4v) is 5.69. The maximum atomic E-state index is 5.93. The normalized spacial score (nSPS) is 11.9. The molecule has 0 saturated carbocycles. The highest BCUT2D eigenvalue weighted by molar-refractivity contribution is 9.10. The summed E-state index contributed by atoms with van der Waals surface area (Å²) in [4.78, 5) is 0. The zero-order valence-corrected chi connectivity index (χ0v) is 19.6. The van der Waals surface area contributed by atoms with Crippen LogP contribution in [0.2, 0.25) is 0 Å². The highest BCUT2D eigenvalue weighted by Gasteiger charge is 2.27. The molecule has 1 nitrogen and oxygen atoms in total. The Morgan fingerprint density at radius 2 is 1.21 bits per heavy atom. The van der Waals surface area contributed by atoms with E-state index in [1.807, 2.05) is 0 Å². The van der Waals surface area contributed by atoms with E-state index in [9.17, 15) is 0 Å². The third-order valence-electron chi connectivity index (χ3n) is 5.16. The smallest absolute Gasteiger partial charge is 0.141 e. The molecule has 4 aromatic carbocycles. The van der Waals surface area contributed by atoms with Crippen LogP contribution in [-0.2, 0) is 5.41 Å². The molecule has 3 heteroatoms. The zero-order valence-electron chi connectivity index (χ0n) is 16.4. The van der Waals surface area contributed by atoms with Gasteiger partial charge in [0.1, 0.15) is 5.75 Å². The number of fused-ring (bicyclic) bond motifs is 2. The third kappa shape index (κ3) is 3.15. The molecule has 28 heavy (non-hydrogen) atoms. The number of hydrogen-bond acceptors (Lipinski definition) is 1. The number of rotatable bonds is 2. The van der Waals surface area contributed by atoms with Crippen molar-refractivity contribution < 1.29 is 4.74 Å². The van der Waals surface area contributed by atoms with Crippen LogP contribution in [0, 0.1) is 0 Å². The first-order chi connectivity index (χ1) is 13.3. The van der Waals surface area contributed by atoms with E-state index in [-0.39, 0.29) is 5.41 Å². The van der Waals surface area contributed by atoms with Crippen LogP contribution >= 0.6 is 31.9 Å². The quantitative estimate of drug-likeness (QED) is 0.269. The summed E-state index contributed by atoms with van der Waals surface area (Å²) in [6.45, 7) is 6.79. The van der Waals surface area contributed by atoms with Crippen molar-refractivity contribution >= 4 is 53.4 Å². The highest BCUT2D eigenvalue weighted by Crippen LogP contribution is 2.50. The Hall–Kier alpha value is -1.84.